The van der Waals surface area contributed by atoms with Gasteiger partial charge in [-0.25, -0.2) is 11.3 Å². The van der Waals surface area contributed by atoms with Crippen LogP contribution in [0.3, 0.4) is 0 Å². The van der Waals surface area contributed by atoms with Crippen LogP contribution in [0.1, 0.15) is 0 Å². The molecule has 6 N–H and O–H groups in total. The summed E-state index contributed by atoms with van der Waals surface area (Å²) in [6.45, 7) is 1.05. The fraction of sp³-hybridized carbons (Fsp3) is 1.00. The lowest BCUT2D eigenvalue weighted by atomic mass is 10.7. The zero-order valence-corrected chi connectivity index (χ0v) is 3.98. The maximum absolute atomic E-state index is 4.81. The third-order valence-electron chi connectivity index (χ3n) is 0.447. The van der Waals surface area contributed by atoms with Gasteiger partial charge < -0.3 is 4.84 Å². The standard InChI is InChI=1S/C2H10N4O/c3-6-5-1-2-7-4/h5-6H,1-4H2. The summed E-state index contributed by atoms with van der Waals surface area (Å²) in [7, 11) is 0. The molecule has 0 bridgehead atoms. The fourth-order valence-corrected chi connectivity index (χ4v) is 0.182. The van der Waals surface area contributed by atoms with Crippen molar-refractivity contribution in [3.05, 3.63) is 0 Å². The number of hydrazine groups is 2. The van der Waals surface area contributed by atoms with Crippen LogP contribution in [0.15, 0.2) is 0 Å². The molecule has 0 saturated carbocycles. The smallest absolute Gasteiger partial charge is 0.0818 e. The van der Waals surface area contributed by atoms with Gasteiger partial charge in [-0.15, -0.1) is 0 Å². The van der Waals surface area contributed by atoms with E-state index in [4.69, 9.17) is 5.84 Å². The Balaban J connectivity index is 2.45. The molecule has 0 spiro atoms. The van der Waals surface area contributed by atoms with Crippen LogP contribution in [0.25, 0.3) is 0 Å². The summed E-state index contributed by atoms with van der Waals surface area (Å²) in [5.41, 5.74) is 4.79. The first-order valence-corrected chi connectivity index (χ1v) is 1.92. The number of rotatable bonds is 4. The molecule has 0 aromatic rings. The van der Waals surface area contributed by atoms with Crippen LogP contribution in [0, 0.1) is 0 Å². The van der Waals surface area contributed by atoms with E-state index in [1.807, 2.05) is 0 Å². The Morgan fingerprint density at radius 1 is 1.57 bits per heavy atom. The van der Waals surface area contributed by atoms with Crippen molar-refractivity contribution in [2.45, 2.75) is 0 Å². The fourth-order valence-electron chi connectivity index (χ4n) is 0.182. The van der Waals surface area contributed by atoms with Crippen LogP contribution in [0.5, 0.6) is 0 Å². The number of nitrogens with one attached hydrogen (secondary N) is 2. The Labute approximate surface area is 41.9 Å². The molecule has 5 nitrogen and oxygen atoms in total. The van der Waals surface area contributed by atoms with E-state index in [0.29, 0.717) is 13.2 Å². The summed E-state index contributed by atoms with van der Waals surface area (Å²) < 4.78 is 0. The molecule has 0 aliphatic rings. The molecule has 0 aromatic carbocycles. The highest BCUT2D eigenvalue weighted by atomic mass is 16.6. The summed E-state index contributed by atoms with van der Waals surface area (Å²) in [5.74, 6) is 9.47. The Kier molecular flexibility index (Phi) is 5.63. The normalized spacial score (nSPS) is 9.43. The zero-order valence-electron chi connectivity index (χ0n) is 3.98. The van der Waals surface area contributed by atoms with Crippen molar-refractivity contribution in [1.29, 1.82) is 0 Å². The van der Waals surface area contributed by atoms with Crippen LogP contribution in [0.2, 0.25) is 0 Å². The lowest BCUT2D eigenvalue weighted by molar-refractivity contribution is 0.137. The quantitative estimate of drug-likeness (QED) is 0.186. The van der Waals surface area contributed by atoms with Gasteiger partial charge >= 0.3 is 0 Å². The highest BCUT2D eigenvalue weighted by Crippen LogP contribution is 1.52. The average Bonchev–Trinajstić information content (AvgIpc) is 1.69. The van der Waals surface area contributed by atoms with Crippen molar-refractivity contribution >= 4 is 0 Å². The molecule has 0 saturated heterocycles. The molecule has 0 rings (SSSR count). The molecule has 0 aliphatic heterocycles. The van der Waals surface area contributed by atoms with Crippen LogP contribution < -0.4 is 22.7 Å². The molecular formula is C2H10N4O. The van der Waals surface area contributed by atoms with Crippen molar-refractivity contribution in [3.63, 3.8) is 0 Å². The van der Waals surface area contributed by atoms with Crippen molar-refractivity contribution in [1.82, 2.24) is 11.0 Å². The minimum Gasteiger partial charge on any atom is -0.303 e. The monoisotopic (exact) mass is 106 g/mol. The molecule has 0 atom stereocenters. The van der Waals surface area contributed by atoms with Crippen molar-refractivity contribution < 1.29 is 4.84 Å². The second-order valence-corrected chi connectivity index (χ2v) is 0.942. The van der Waals surface area contributed by atoms with E-state index in [1.54, 1.807) is 0 Å². The second kappa shape index (κ2) is 5.80. The predicted molar refractivity (Wildman–Crippen MR) is 25.5 cm³/mol. The highest BCUT2D eigenvalue weighted by molar-refractivity contribution is 4.29. The predicted octanol–water partition coefficient (Wildman–Crippen LogP) is -2.16. The van der Waals surface area contributed by atoms with Gasteiger partial charge in [0.2, 0.25) is 0 Å². The summed E-state index contributed by atoms with van der Waals surface area (Å²) in [6, 6.07) is 0. The molecule has 0 fully saturated rings. The van der Waals surface area contributed by atoms with Gasteiger partial charge in [0, 0.05) is 6.54 Å². The topological polar surface area (TPSA) is 85.3 Å². The summed E-state index contributed by atoms with van der Waals surface area (Å²) in [4.78, 5) is 4.19. The second-order valence-electron chi connectivity index (χ2n) is 0.942. The number of nitrogens with two attached hydrogens (primary N) is 2. The molecule has 0 heterocycles. The van der Waals surface area contributed by atoms with Crippen LogP contribution >= 0.6 is 0 Å². The van der Waals surface area contributed by atoms with E-state index in [2.05, 4.69) is 21.7 Å². The van der Waals surface area contributed by atoms with Crippen LogP contribution in [0.4, 0.5) is 0 Å². The average molecular weight is 106 g/mol. The lowest BCUT2D eigenvalue weighted by Crippen LogP contribution is -2.39. The minimum atomic E-state index is 0.449. The van der Waals surface area contributed by atoms with Gasteiger partial charge in [-0.1, -0.05) is 0 Å². The van der Waals surface area contributed by atoms with E-state index in [9.17, 15) is 0 Å². The van der Waals surface area contributed by atoms with Gasteiger partial charge in [0.25, 0.3) is 0 Å². The Bertz CT molecular complexity index is 28.9. The van der Waals surface area contributed by atoms with E-state index in [-0.39, 0.29) is 0 Å². The van der Waals surface area contributed by atoms with E-state index in [1.165, 1.54) is 0 Å². The number of hydrogen-bond acceptors (Lipinski definition) is 5. The summed E-state index contributed by atoms with van der Waals surface area (Å²) >= 11 is 0. The van der Waals surface area contributed by atoms with Crippen molar-refractivity contribution in [3.8, 4) is 0 Å². The third-order valence-corrected chi connectivity index (χ3v) is 0.447. The Morgan fingerprint density at radius 3 is 2.71 bits per heavy atom. The highest BCUT2D eigenvalue weighted by Gasteiger charge is 1.76. The molecule has 0 aromatic heterocycles. The van der Waals surface area contributed by atoms with Gasteiger partial charge in [0.1, 0.15) is 0 Å². The largest absolute Gasteiger partial charge is 0.303 e. The molecule has 0 aliphatic carbocycles. The molecule has 44 valence electrons. The maximum Gasteiger partial charge on any atom is 0.0818 e. The van der Waals surface area contributed by atoms with E-state index >= 15 is 0 Å². The molecule has 0 radical (unpaired) electrons. The van der Waals surface area contributed by atoms with E-state index < -0.39 is 0 Å². The number of hydrogen-bond donors (Lipinski definition) is 4. The third kappa shape index (κ3) is 5.80. The van der Waals surface area contributed by atoms with Gasteiger partial charge in [-0.3, -0.25) is 5.84 Å². The first kappa shape index (κ1) is 6.80. The van der Waals surface area contributed by atoms with Gasteiger partial charge in [0.05, 0.1) is 6.61 Å². The van der Waals surface area contributed by atoms with Crippen molar-refractivity contribution in [2.75, 3.05) is 13.2 Å². The van der Waals surface area contributed by atoms with Crippen LogP contribution in [-0.2, 0) is 4.84 Å². The first-order valence-electron chi connectivity index (χ1n) is 1.92. The summed E-state index contributed by atoms with van der Waals surface area (Å²) in [6.07, 6.45) is 0. The molecule has 5 heteroatoms. The Hall–Kier alpha value is -0.200. The molecule has 0 amide bonds. The summed E-state index contributed by atoms with van der Waals surface area (Å²) in [5, 5.41) is 0. The zero-order chi connectivity index (χ0) is 5.54. The van der Waals surface area contributed by atoms with Gasteiger partial charge in [-0.05, 0) is 0 Å². The van der Waals surface area contributed by atoms with Gasteiger partial charge in [0.15, 0.2) is 0 Å². The van der Waals surface area contributed by atoms with E-state index in [0.717, 1.165) is 0 Å². The van der Waals surface area contributed by atoms with Gasteiger partial charge in [-0.2, -0.15) is 5.53 Å². The Morgan fingerprint density at radius 2 is 2.29 bits per heavy atom. The lowest BCUT2D eigenvalue weighted by Gasteiger charge is -1.97. The molecular weight excluding hydrogens is 96.0 g/mol. The molecule has 0 unspecified atom stereocenters. The minimum absolute atomic E-state index is 0.449. The SMILES string of the molecule is NNNCCON. The van der Waals surface area contributed by atoms with Crippen molar-refractivity contribution in [2.24, 2.45) is 11.7 Å². The first-order chi connectivity index (χ1) is 3.41. The van der Waals surface area contributed by atoms with Crippen LogP contribution in [-0.4, -0.2) is 13.2 Å². The molecule has 7 heavy (non-hydrogen) atoms. The maximum atomic E-state index is 4.81.